The molecule has 0 saturated heterocycles. The number of H-pyrrole nitrogens is 1. The van der Waals surface area contributed by atoms with Gasteiger partial charge in [-0.2, -0.15) is 4.98 Å². The highest BCUT2D eigenvalue weighted by molar-refractivity contribution is 7.98. The lowest BCUT2D eigenvalue weighted by molar-refractivity contribution is 0.328. The molecule has 0 aliphatic heterocycles. The third-order valence-corrected chi connectivity index (χ3v) is 5.92. The Kier molecular flexibility index (Phi) is 5.70. The van der Waals surface area contributed by atoms with E-state index in [4.69, 9.17) is 0 Å². The average molecular weight is 374 g/mol. The first kappa shape index (κ1) is 19.0. The maximum atomic E-state index is 12.4. The Labute approximate surface area is 158 Å². The molecule has 26 heavy (non-hydrogen) atoms. The van der Waals surface area contributed by atoms with E-state index in [0.29, 0.717) is 10.9 Å². The van der Waals surface area contributed by atoms with Crippen molar-refractivity contribution in [3.05, 3.63) is 56.4 Å². The van der Waals surface area contributed by atoms with Crippen LogP contribution in [0.3, 0.4) is 0 Å². The van der Waals surface area contributed by atoms with Crippen LogP contribution in [-0.4, -0.2) is 14.5 Å². The van der Waals surface area contributed by atoms with Gasteiger partial charge in [-0.1, -0.05) is 76.1 Å². The van der Waals surface area contributed by atoms with Gasteiger partial charge in [-0.3, -0.25) is 4.98 Å². The minimum Gasteiger partial charge on any atom is -0.286 e. The van der Waals surface area contributed by atoms with Crippen LogP contribution < -0.4 is 11.4 Å². The molecule has 0 unspecified atom stereocenters. The molecule has 1 saturated carbocycles. The molecule has 0 amide bonds. The highest BCUT2D eigenvalue weighted by Gasteiger charge is 2.20. The number of hydrogen-bond donors (Lipinski definition) is 1. The van der Waals surface area contributed by atoms with Crippen molar-refractivity contribution in [1.29, 1.82) is 0 Å². The zero-order valence-electron chi connectivity index (χ0n) is 15.7. The largest absolute Gasteiger partial charge is 0.354 e. The van der Waals surface area contributed by atoms with Crippen LogP contribution in [0.1, 0.15) is 70.0 Å². The van der Waals surface area contributed by atoms with E-state index in [2.05, 4.69) is 55.0 Å². The number of nitrogens with one attached hydrogen (secondary N) is 1. The molecule has 2 aromatic rings. The third-order valence-electron chi connectivity index (χ3n) is 4.97. The van der Waals surface area contributed by atoms with E-state index in [1.165, 1.54) is 28.3 Å². The highest BCUT2D eigenvalue weighted by Crippen LogP contribution is 2.26. The van der Waals surface area contributed by atoms with Crippen LogP contribution in [0.25, 0.3) is 0 Å². The molecule has 0 spiro atoms. The maximum Gasteiger partial charge on any atom is 0.354 e. The molecule has 1 aliphatic rings. The minimum absolute atomic E-state index is 0.00325. The molecular formula is C20H27N3O2S. The predicted octanol–water partition coefficient (Wildman–Crippen LogP) is 4.03. The summed E-state index contributed by atoms with van der Waals surface area (Å²) in [4.78, 5) is 31.6. The number of aromatic nitrogens is 3. The minimum atomic E-state index is -0.425. The molecule has 0 atom stereocenters. The molecule has 6 heteroatoms. The Hall–Kier alpha value is -1.82. The molecule has 1 aromatic carbocycles. The molecule has 1 fully saturated rings. The molecule has 3 rings (SSSR count). The SMILES string of the molecule is CC(C)(C)c1ccc(CSc2nc(=O)n(C3CCCCC3)c(=O)[nH]2)cc1. The summed E-state index contributed by atoms with van der Waals surface area (Å²) in [6.07, 6.45) is 5.09. The van der Waals surface area contributed by atoms with Gasteiger partial charge in [0.1, 0.15) is 0 Å². The second-order valence-electron chi connectivity index (χ2n) is 8.03. The predicted molar refractivity (Wildman–Crippen MR) is 106 cm³/mol. The molecule has 0 bridgehead atoms. The fourth-order valence-corrected chi connectivity index (χ4v) is 4.19. The van der Waals surface area contributed by atoms with Crippen LogP contribution in [0.4, 0.5) is 0 Å². The summed E-state index contributed by atoms with van der Waals surface area (Å²) in [5, 5.41) is 0.395. The lowest BCUT2D eigenvalue weighted by Gasteiger charge is -2.22. The van der Waals surface area contributed by atoms with Gasteiger partial charge in [0.15, 0.2) is 5.16 Å². The molecule has 1 N–H and O–H groups in total. The third kappa shape index (κ3) is 4.47. The van der Waals surface area contributed by atoms with E-state index in [-0.39, 0.29) is 17.1 Å². The normalized spacial score (nSPS) is 16.0. The van der Waals surface area contributed by atoms with Gasteiger partial charge in [-0.25, -0.2) is 14.2 Å². The second-order valence-corrected chi connectivity index (χ2v) is 8.99. The molecular weight excluding hydrogens is 346 g/mol. The van der Waals surface area contributed by atoms with Gasteiger partial charge in [0.25, 0.3) is 0 Å². The smallest absolute Gasteiger partial charge is 0.286 e. The van der Waals surface area contributed by atoms with Gasteiger partial charge in [-0.05, 0) is 29.4 Å². The second kappa shape index (κ2) is 7.82. The Bertz CT molecular complexity index is 825. The first-order chi connectivity index (χ1) is 12.3. The monoisotopic (exact) mass is 373 g/mol. The summed E-state index contributed by atoms with van der Waals surface area (Å²) in [7, 11) is 0. The van der Waals surface area contributed by atoms with Crippen molar-refractivity contribution in [2.75, 3.05) is 0 Å². The lowest BCUT2D eigenvalue weighted by atomic mass is 9.87. The van der Waals surface area contributed by atoms with Gasteiger partial charge in [0.2, 0.25) is 0 Å². The van der Waals surface area contributed by atoms with Gasteiger partial charge < -0.3 is 0 Å². The zero-order chi connectivity index (χ0) is 18.7. The number of benzene rings is 1. The fraction of sp³-hybridized carbons (Fsp3) is 0.550. The first-order valence-electron chi connectivity index (χ1n) is 9.30. The van der Waals surface area contributed by atoms with Gasteiger partial charge >= 0.3 is 11.4 Å². The van der Waals surface area contributed by atoms with Crippen LogP contribution in [0.15, 0.2) is 39.0 Å². The van der Waals surface area contributed by atoms with Crippen molar-refractivity contribution in [2.45, 2.75) is 75.2 Å². The summed E-state index contributed by atoms with van der Waals surface area (Å²) < 4.78 is 1.31. The zero-order valence-corrected chi connectivity index (χ0v) is 16.6. The van der Waals surface area contributed by atoms with Crippen molar-refractivity contribution in [2.24, 2.45) is 0 Å². The Morgan fingerprint density at radius 2 is 1.77 bits per heavy atom. The van der Waals surface area contributed by atoms with E-state index >= 15 is 0 Å². The molecule has 1 heterocycles. The maximum absolute atomic E-state index is 12.4. The first-order valence-corrected chi connectivity index (χ1v) is 10.3. The van der Waals surface area contributed by atoms with Crippen LogP contribution in [0, 0.1) is 0 Å². The molecule has 140 valence electrons. The highest BCUT2D eigenvalue weighted by atomic mass is 32.2. The average Bonchev–Trinajstić information content (AvgIpc) is 2.60. The fourth-order valence-electron chi connectivity index (χ4n) is 3.39. The van der Waals surface area contributed by atoms with Gasteiger partial charge in [0, 0.05) is 11.8 Å². The number of aromatic amines is 1. The summed E-state index contributed by atoms with van der Waals surface area (Å²) in [5.41, 5.74) is 1.80. The number of rotatable bonds is 4. The standard InChI is InChI=1S/C20H27N3O2S/c1-20(2,3)15-11-9-14(10-12-15)13-26-17-21-18(24)23(19(25)22-17)16-7-5-4-6-8-16/h9-12,16H,4-8,13H2,1-3H3,(H,21,22,24,25). The van der Waals surface area contributed by atoms with Crippen molar-refractivity contribution in [3.63, 3.8) is 0 Å². The summed E-state index contributed by atoms with van der Waals surface area (Å²) in [6, 6.07) is 8.45. The van der Waals surface area contributed by atoms with Crippen molar-refractivity contribution >= 4 is 11.8 Å². The molecule has 1 aromatic heterocycles. The van der Waals surface area contributed by atoms with Crippen molar-refractivity contribution < 1.29 is 0 Å². The summed E-state index contributed by atoms with van der Waals surface area (Å²) in [5.74, 6) is 0.667. The Balaban J connectivity index is 1.71. The Morgan fingerprint density at radius 1 is 1.12 bits per heavy atom. The summed E-state index contributed by atoms with van der Waals surface area (Å²) in [6.45, 7) is 6.56. The van der Waals surface area contributed by atoms with Crippen molar-refractivity contribution in [1.82, 2.24) is 14.5 Å². The van der Waals surface area contributed by atoms with Crippen LogP contribution in [-0.2, 0) is 11.2 Å². The van der Waals surface area contributed by atoms with Crippen molar-refractivity contribution in [3.8, 4) is 0 Å². The van der Waals surface area contributed by atoms with Gasteiger partial charge in [0.05, 0.1) is 0 Å². The van der Waals surface area contributed by atoms with E-state index in [1.807, 2.05) is 0 Å². The quantitative estimate of drug-likeness (QED) is 0.822. The van der Waals surface area contributed by atoms with E-state index < -0.39 is 5.69 Å². The number of nitrogens with zero attached hydrogens (tertiary/aromatic N) is 2. The number of thioether (sulfide) groups is 1. The summed E-state index contributed by atoms with van der Waals surface area (Å²) >= 11 is 1.39. The lowest BCUT2D eigenvalue weighted by Crippen LogP contribution is -2.40. The number of hydrogen-bond acceptors (Lipinski definition) is 4. The molecule has 5 nitrogen and oxygen atoms in total. The Morgan fingerprint density at radius 3 is 2.35 bits per heavy atom. The van der Waals surface area contributed by atoms with E-state index in [9.17, 15) is 9.59 Å². The van der Waals surface area contributed by atoms with Crippen LogP contribution >= 0.6 is 11.8 Å². The van der Waals surface area contributed by atoms with Gasteiger partial charge in [-0.15, -0.1) is 0 Å². The van der Waals surface area contributed by atoms with Crippen LogP contribution in [0.2, 0.25) is 0 Å². The van der Waals surface area contributed by atoms with E-state index in [1.54, 1.807) is 0 Å². The van der Waals surface area contributed by atoms with E-state index in [0.717, 1.165) is 31.2 Å². The van der Waals surface area contributed by atoms with Crippen LogP contribution in [0.5, 0.6) is 0 Å². The molecule has 1 aliphatic carbocycles. The molecule has 0 radical (unpaired) electrons. The topological polar surface area (TPSA) is 67.8 Å².